The van der Waals surface area contributed by atoms with Crippen LogP contribution in [0, 0.1) is 0 Å². The van der Waals surface area contributed by atoms with Crippen molar-refractivity contribution in [2.75, 3.05) is 6.61 Å². The van der Waals surface area contributed by atoms with Crippen LogP contribution < -0.4 is 31.8 Å². The molecule has 0 radical (unpaired) electrons. The topological polar surface area (TPSA) is 255 Å². The summed E-state index contributed by atoms with van der Waals surface area (Å²) in [5.74, 6) is -0.936. The second kappa shape index (κ2) is 22.4. The van der Waals surface area contributed by atoms with Gasteiger partial charge in [-0.05, 0) is 80.1 Å². The van der Waals surface area contributed by atoms with Gasteiger partial charge in [0.25, 0.3) is 0 Å². The predicted molar refractivity (Wildman–Crippen MR) is 233 cm³/mol. The number of hydrogen-bond acceptors (Lipinski definition) is 13. The Morgan fingerprint density at radius 2 is 1.15 bits per heavy atom. The van der Waals surface area contributed by atoms with E-state index in [0.29, 0.717) is 50.7 Å². The Morgan fingerprint density at radius 3 is 1.54 bits per heavy atom. The van der Waals surface area contributed by atoms with Gasteiger partial charge in [-0.2, -0.15) is 17.6 Å². The van der Waals surface area contributed by atoms with E-state index in [9.17, 15) is 31.9 Å². The Kier molecular flexibility index (Phi) is 19.2. The van der Waals surface area contributed by atoms with Crippen LogP contribution in [0.2, 0.25) is 0 Å². The number of carbonyl (C=O) groups is 3. The lowest BCUT2D eigenvalue weighted by Crippen LogP contribution is -2.11. The van der Waals surface area contributed by atoms with Gasteiger partial charge in [0.15, 0.2) is 0 Å². The molecule has 5 rings (SSSR count). The number of unbranched alkanes of at least 4 members (excludes halogenated alkanes) is 1. The summed E-state index contributed by atoms with van der Waals surface area (Å²) in [5, 5.41) is 5.97. The Hall–Kier alpha value is -2.72. The van der Waals surface area contributed by atoms with E-state index < -0.39 is 55.6 Å². The van der Waals surface area contributed by atoms with Crippen molar-refractivity contribution in [3.8, 4) is 11.5 Å². The van der Waals surface area contributed by atoms with Crippen LogP contribution >= 0.6 is 83.2 Å². The van der Waals surface area contributed by atoms with Gasteiger partial charge in [0, 0.05) is 43.0 Å². The number of rotatable bonds is 17. The molecule has 2 heterocycles. The minimum Gasteiger partial charge on any atom is -0.492 e. The van der Waals surface area contributed by atoms with Gasteiger partial charge in [-0.15, -0.1) is 22.7 Å². The molecule has 5 aromatic rings. The van der Waals surface area contributed by atoms with Crippen molar-refractivity contribution in [2.45, 2.75) is 56.8 Å². The third-order valence-corrected chi connectivity index (χ3v) is 14.8. The van der Waals surface area contributed by atoms with Gasteiger partial charge >= 0.3 is 11.3 Å². The number of nitrogens with two attached hydrogens (primary N) is 4. The summed E-state index contributed by atoms with van der Waals surface area (Å²) in [6, 6.07) is 12.9. The summed E-state index contributed by atoms with van der Waals surface area (Å²) in [7, 11) is -7.10. The Labute approximate surface area is 366 Å². The number of fused-ring (bicyclic) bond motifs is 2. The second-order valence-electron chi connectivity index (χ2n) is 11.8. The zero-order valence-corrected chi connectivity index (χ0v) is 38.3. The molecule has 3 aromatic carbocycles. The van der Waals surface area contributed by atoms with E-state index in [-0.39, 0.29) is 62.0 Å². The third kappa shape index (κ3) is 12.7. The summed E-state index contributed by atoms with van der Waals surface area (Å²) in [6.45, 7) is 4.29. The fraction of sp³-hybridized carbons (Fsp3) is 0.286. The highest BCUT2D eigenvalue weighted by Crippen LogP contribution is 2.60. The summed E-state index contributed by atoms with van der Waals surface area (Å²) in [6.07, 6.45) is 1.17. The van der Waals surface area contributed by atoms with Gasteiger partial charge < -0.3 is 46.2 Å². The molecule has 0 atom stereocenters. The van der Waals surface area contributed by atoms with Crippen LogP contribution in [0.4, 0.5) is 17.6 Å². The first-order valence-corrected chi connectivity index (χ1v) is 23.6. The molecule has 2 aromatic heterocycles. The molecule has 0 aliphatic carbocycles. The van der Waals surface area contributed by atoms with E-state index in [1.54, 1.807) is 0 Å². The fourth-order valence-corrected chi connectivity index (χ4v) is 10.9. The average molecular weight is 1050 g/mol. The molecule has 0 aliphatic rings. The normalized spacial score (nSPS) is 11.6. The molecule has 0 aliphatic heterocycles. The summed E-state index contributed by atoms with van der Waals surface area (Å²) in [5.41, 5.74) is 10.0. The molecule has 322 valence electrons. The molecule has 0 unspecified atom stereocenters. The quantitative estimate of drug-likeness (QED) is 0.0189. The molecule has 13 nitrogen and oxygen atoms in total. The van der Waals surface area contributed by atoms with E-state index in [2.05, 4.69) is 31.9 Å². The number of halogens is 6. The first-order valence-electron chi connectivity index (χ1n) is 16.9. The maximum absolute atomic E-state index is 14.3. The largest absolute Gasteiger partial charge is 0.492 e. The Morgan fingerprint density at radius 1 is 0.729 bits per heavy atom. The number of ether oxygens (including phenoxy) is 2. The van der Waals surface area contributed by atoms with Crippen LogP contribution in [-0.4, -0.2) is 43.9 Å². The molecule has 0 spiro atoms. The number of thiophene rings is 2. The number of alkyl halides is 4. The van der Waals surface area contributed by atoms with Crippen molar-refractivity contribution >= 4 is 121 Å². The average Bonchev–Trinajstić information content (AvgIpc) is 3.72. The molecule has 0 bridgehead atoms. The molecule has 0 fully saturated rings. The minimum absolute atomic E-state index is 0.0420. The monoisotopic (exact) mass is 1050 g/mol. The maximum atomic E-state index is 14.3. The molecule has 0 saturated carbocycles. The molecule has 59 heavy (non-hydrogen) atoms. The molecular weight excluding hydrogens is 1010 g/mol. The van der Waals surface area contributed by atoms with Crippen LogP contribution in [0.15, 0.2) is 57.5 Å². The fourth-order valence-electron chi connectivity index (χ4n) is 4.92. The Balaban J connectivity index is 0.000000304. The summed E-state index contributed by atoms with van der Waals surface area (Å²) in [4.78, 5) is 69.2. The highest BCUT2D eigenvalue weighted by molar-refractivity contribution is 9.11. The summed E-state index contributed by atoms with van der Waals surface area (Å²) >= 11 is 8.62. The van der Waals surface area contributed by atoms with Crippen molar-refractivity contribution in [2.24, 2.45) is 22.3 Å². The van der Waals surface area contributed by atoms with Gasteiger partial charge in [0.2, 0.25) is 34.5 Å². The van der Waals surface area contributed by atoms with Crippen molar-refractivity contribution < 1.29 is 61.0 Å². The molecule has 12 N–H and O–H groups in total. The molecular formula is C35H38Br2F4N4O9P2S3. The van der Waals surface area contributed by atoms with Crippen molar-refractivity contribution in [1.82, 2.24) is 0 Å². The lowest BCUT2D eigenvalue weighted by molar-refractivity contribution is -0.118. The first-order chi connectivity index (χ1) is 27.7. The zero-order chi connectivity index (χ0) is 44.4. The van der Waals surface area contributed by atoms with Crippen LogP contribution in [0.25, 0.3) is 20.2 Å². The van der Waals surface area contributed by atoms with Crippen molar-refractivity contribution in [1.29, 1.82) is 0 Å². The number of amides is 3. The van der Waals surface area contributed by atoms with E-state index in [4.69, 9.17) is 51.4 Å². The number of carbonyl (C=O) groups excluding carboxylic acids is 3. The smallest absolute Gasteiger partial charge is 0.349 e. The molecule has 0 saturated heterocycles. The minimum atomic E-state index is -3.86. The van der Waals surface area contributed by atoms with Crippen LogP contribution in [0.5, 0.6) is 11.5 Å². The number of hydrogen-bond donors (Lipinski definition) is 8. The third-order valence-electron chi connectivity index (χ3n) is 7.75. The first kappa shape index (κ1) is 50.6. The van der Waals surface area contributed by atoms with Gasteiger partial charge in [-0.3, -0.25) is 19.5 Å². The Bertz CT molecular complexity index is 2270. The van der Waals surface area contributed by atoms with Gasteiger partial charge in [0.05, 0.1) is 25.8 Å². The molecule has 24 heteroatoms. The maximum Gasteiger partial charge on any atom is 0.349 e. The van der Waals surface area contributed by atoms with Crippen LogP contribution in [0.3, 0.4) is 0 Å². The van der Waals surface area contributed by atoms with Gasteiger partial charge in [-0.1, -0.05) is 50.1 Å². The lowest BCUT2D eigenvalue weighted by Gasteiger charge is -2.15. The predicted octanol–water partition coefficient (Wildman–Crippen LogP) is 8.96. The lowest BCUT2D eigenvalue weighted by atomic mass is 10.1. The van der Waals surface area contributed by atoms with Crippen molar-refractivity contribution in [3.05, 3.63) is 89.5 Å². The highest BCUT2D eigenvalue weighted by Gasteiger charge is 2.46. The second-order valence-corrected chi connectivity index (χ2v) is 18.3. The van der Waals surface area contributed by atoms with E-state index in [0.717, 1.165) is 11.1 Å². The number of primary amides is 3. The zero-order valence-electron chi connectivity index (χ0n) is 30.9. The van der Waals surface area contributed by atoms with E-state index in [1.807, 2.05) is 38.1 Å². The van der Waals surface area contributed by atoms with Gasteiger partial charge in [-0.25, -0.2) is 0 Å². The van der Waals surface area contributed by atoms with Gasteiger partial charge in [0.1, 0.15) is 18.1 Å². The van der Waals surface area contributed by atoms with E-state index >= 15 is 0 Å². The van der Waals surface area contributed by atoms with E-state index in [1.165, 1.54) is 36.2 Å². The van der Waals surface area contributed by atoms with Crippen molar-refractivity contribution in [3.63, 3.8) is 0 Å². The van der Waals surface area contributed by atoms with Crippen LogP contribution in [-0.2, 0) is 28.5 Å². The SMILES string of the molecule is CC.NC(=O)CCCCOc1cc(C(N)=O)cc2c(Br)c(C(F)(F)P(O)O)sc12.NSCc1ccc(COc2cc(C(N)=O)cc3c(Br)c(C(F)(F)P(O)O)sc23)cc1. The summed E-state index contributed by atoms with van der Waals surface area (Å²) < 4.78 is 68.8. The number of benzene rings is 3. The molecule has 3 amide bonds. The van der Waals surface area contributed by atoms with Crippen LogP contribution in [0.1, 0.15) is 74.7 Å². The standard InChI is InChI=1S/C18H16BrF2N2O4PS2.C15H16BrF2N2O5PS.C2H6/c19-14-12-5-11(17(22)24)6-13(15(12)30-16(14)18(20,21)28(25)26)27-7-9-1-3-10(4-2-9)8-29-23;16-11-8-5-7(14(20)22)6-9(25-4-2-1-3-10(19)21)12(8)27-13(11)15(17,18)26(23)24;1-2/h1-6,25-26H,7-8,23H2,(H2,22,24);5-6,23-24H,1-4H2,(H2,19,21)(H2,20,22);1-2H3. The highest BCUT2D eigenvalue weighted by atomic mass is 79.9.